The van der Waals surface area contributed by atoms with E-state index >= 15 is 0 Å². The SMILES string of the molecule is C=CC[C@]1(O)C[C@H]2[C@@H]3CC=C4C[C@@H](O)CC[C@]4(C)[C@H]3CC[C@]2(CCNC(=O)C2(Cl)C=CC=CC2Cl)C1. The van der Waals surface area contributed by atoms with Gasteiger partial charge in [-0.2, -0.15) is 0 Å². The predicted octanol–water partition coefficient (Wildman–Crippen LogP) is 5.81. The van der Waals surface area contributed by atoms with E-state index in [4.69, 9.17) is 23.2 Å². The van der Waals surface area contributed by atoms with Gasteiger partial charge in [-0.15, -0.1) is 29.8 Å². The van der Waals surface area contributed by atoms with E-state index in [0.717, 1.165) is 57.8 Å². The number of hydrogen-bond donors (Lipinski definition) is 3. The Bertz CT molecular complexity index is 993. The number of amides is 1. The lowest BCUT2D eigenvalue weighted by molar-refractivity contribution is -0.122. The zero-order chi connectivity index (χ0) is 25.8. The van der Waals surface area contributed by atoms with Crippen LogP contribution >= 0.6 is 23.2 Å². The summed E-state index contributed by atoms with van der Waals surface area (Å²) in [6, 6.07) is 0. The summed E-state index contributed by atoms with van der Waals surface area (Å²) >= 11 is 13.0. The average Bonchev–Trinajstić information content (AvgIpc) is 3.14. The van der Waals surface area contributed by atoms with Crippen molar-refractivity contribution >= 4 is 29.1 Å². The summed E-state index contributed by atoms with van der Waals surface area (Å²) < 4.78 is 0. The first-order valence-electron chi connectivity index (χ1n) is 13.7. The lowest BCUT2D eigenvalue weighted by Gasteiger charge is -2.57. The molecule has 0 spiro atoms. The van der Waals surface area contributed by atoms with Crippen LogP contribution in [0.2, 0.25) is 0 Å². The number of rotatable bonds is 6. The number of allylic oxidation sites excluding steroid dienone is 4. The van der Waals surface area contributed by atoms with Gasteiger partial charge in [-0.1, -0.05) is 49.0 Å². The Morgan fingerprint density at radius 3 is 2.83 bits per heavy atom. The first kappa shape index (κ1) is 26.5. The molecule has 3 saturated carbocycles. The maximum absolute atomic E-state index is 13.0. The zero-order valence-electron chi connectivity index (χ0n) is 21.4. The number of aliphatic hydroxyl groups excluding tert-OH is 1. The molecular weight excluding hydrogens is 493 g/mol. The van der Waals surface area contributed by atoms with Crippen LogP contribution in [0.1, 0.15) is 71.1 Å². The van der Waals surface area contributed by atoms with Crippen LogP contribution < -0.4 is 5.32 Å². The second-order valence-corrected chi connectivity index (χ2v) is 13.7. The maximum Gasteiger partial charge on any atom is 0.247 e. The third-order valence-electron chi connectivity index (χ3n) is 10.6. The lowest BCUT2D eigenvalue weighted by atomic mass is 9.47. The number of fused-ring (bicyclic) bond motifs is 5. The van der Waals surface area contributed by atoms with Crippen molar-refractivity contribution in [3.05, 3.63) is 48.6 Å². The minimum atomic E-state index is -1.27. The number of hydrogen-bond acceptors (Lipinski definition) is 3. The molecule has 0 bridgehead atoms. The molecular formula is C30H41Cl2NO3. The summed E-state index contributed by atoms with van der Waals surface area (Å²) in [6.45, 7) is 6.88. The highest BCUT2D eigenvalue weighted by Crippen LogP contribution is 2.67. The molecule has 0 aromatic rings. The van der Waals surface area contributed by atoms with Gasteiger partial charge in [-0.25, -0.2) is 0 Å². The van der Waals surface area contributed by atoms with Crippen LogP contribution in [0.5, 0.6) is 0 Å². The molecule has 0 aromatic heterocycles. The second-order valence-electron chi connectivity index (χ2n) is 12.6. The Labute approximate surface area is 225 Å². The molecule has 0 saturated heterocycles. The quantitative estimate of drug-likeness (QED) is 0.297. The van der Waals surface area contributed by atoms with Crippen molar-refractivity contribution in [3.63, 3.8) is 0 Å². The van der Waals surface area contributed by atoms with Gasteiger partial charge in [0.15, 0.2) is 4.87 Å². The molecule has 198 valence electrons. The van der Waals surface area contributed by atoms with Gasteiger partial charge in [0.1, 0.15) is 0 Å². The zero-order valence-corrected chi connectivity index (χ0v) is 22.9. The van der Waals surface area contributed by atoms with Gasteiger partial charge in [-0.05, 0) is 92.8 Å². The van der Waals surface area contributed by atoms with Crippen LogP contribution in [-0.4, -0.2) is 44.6 Å². The predicted molar refractivity (Wildman–Crippen MR) is 146 cm³/mol. The summed E-state index contributed by atoms with van der Waals surface area (Å²) in [5.74, 6) is 1.26. The number of nitrogens with one attached hydrogen (secondary N) is 1. The van der Waals surface area contributed by atoms with Crippen molar-refractivity contribution in [2.45, 2.75) is 93.1 Å². The number of halogens is 2. The van der Waals surface area contributed by atoms with Crippen LogP contribution in [-0.2, 0) is 4.79 Å². The fourth-order valence-corrected chi connectivity index (χ4v) is 9.30. The molecule has 0 aliphatic heterocycles. The smallest absolute Gasteiger partial charge is 0.247 e. The molecule has 0 aromatic carbocycles. The van der Waals surface area contributed by atoms with Crippen molar-refractivity contribution in [1.29, 1.82) is 0 Å². The van der Waals surface area contributed by atoms with Gasteiger partial charge in [0.2, 0.25) is 5.91 Å². The van der Waals surface area contributed by atoms with E-state index in [1.165, 1.54) is 5.57 Å². The third kappa shape index (κ3) is 4.34. The molecule has 2 unspecified atom stereocenters. The summed E-state index contributed by atoms with van der Waals surface area (Å²) in [7, 11) is 0. The van der Waals surface area contributed by atoms with Crippen molar-refractivity contribution < 1.29 is 15.0 Å². The van der Waals surface area contributed by atoms with Crippen molar-refractivity contribution in [1.82, 2.24) is 5.32 Å². The first-order valence-corrected chi connectivity index (χ1v) is 14.5. The minimum absolute atomic E-state index is 0.00968. The molecule has 6 heteroatoms. The number of alkyl halides is 2. The van der Waals surface area contributed by atoms with E-state index in [0.29, 0.717) is 30.7 Å². The molecule has 9 atom stereocenters. The molecule has 3 N–H and O–H groups in total. The molecule has 5 aliphatic rings. The van der Waals surface area contributed by atoms with E-state index in [2.05, 4.69) is 24.9 Å². The Balaban J connectivity index is 1.36. The fourth-order valence-electron chi connectivity index (χ4n) is 8.83. The van der Waals surface area contributed by atoms with Gasteiger partial charge in [-0.3, -0.25) is 4.79 Å². The Morgan fingerprint density at radius 2 is 2.08 bits per heavy atom. The van der Waals surface area contributed by atoms with Crippen LogP contribution in [0.4, 0.5) is 0 Å². The molecule has 0 heterocycles. The summed E-state index contributed by atoms with van der Waals surface area (Å²) in [6.07, 6.45) is 20.0. The van der Waals surface area contributed by atoms with Crippen LogP contribution in [0, 0.1) is 28.6 Å². The van der Waals surface area contributed by atoms with E-state index in [-0.39, 0.29) is 22.8 Å². The van der Waals surface area contributed by atoms with Gasteiger partial charge >= 0.3 is 0 Å². The monoisotopic (exact) mass is 533 g/mol. The van der Waals surface area contributed by atoms with E-state index in [1.54, 1.807) is 18.2 Å². The van der Waals surface area contributed by atoms with Gasteiger partial charge in [0, 0.05) is 6.54 Å². The topological polar surface area (TPSA) is 69.6 Å². The highest BCUT2D eigenvalue weighted by molar-refractivity contribution is 6.43. The third-order valence-corrected chi connectivity index (χ3v) is 11.7. The Hall–Kier alpha value is -1.07. The van der Waals surface area contributed by atoms with Crippen molar-refractivity contribution in [3.8, 4) is 0 Å². The van der Waals surface area contributed by atoms with Crippen molar-refractivity contribution in [2.24, 2.45) is 28.6 Å². The van der Waals surface area contributed by atoms with E-state index in [9.17, 15) is 15.0 Å². The van der Waals surface area contributed by atoms with Gasteiger partial charge < -0.3 is 15.5 Å². The largest absolute Gasteiger partial charge is 0.393 e. The number of carbonyl (C=O) groups is 1. The highest BCUT2D eigenvalue weighted by Gasteiger charge is 2.61. The molecule has 4 nitrogen and oxygen atoms in total. The molecule has 1 amide bonds. The normalized spacial score (nSPS) is 47.4. The van der Waals surface area contributed by atoms with Crippen molar-refractivity contribution in [2.75, 3.05) is 6.54 Å². The van der Waals surface area contributed by atoms with Crippen LogP contribution in [0.25, 0.3) is 0 Å². The standard InChI is InChI=1S/C30H41Cl2NO3/c1-3-11-29(36)18-24-22-8-7-20-17-21(34)9-13-27(20,2)23(22)10-14-28(24,19-29)15-16-33-26(35)30(32)12-5-4-6-25(30)31/h3-7,12,21-25,34,36H,1,8-11,13-19H2,2H3,(H,33,35)/t21-,22+,23-,24-,25?,27-,28-,29-,30?/m0/s1. The summed E-state index contributed by atoms with van der Waals surface area (Å²) in [4.78, 5) is 11.8. The lowest BCUT2D eigenvalue weighted by Crippen LogP contribution is -2.51. The summed E-state index contributed by atoms with van der Waals surface area (Å²) in [5.41, 5.74) is 0.872. The highest BCUT2D eigenvalue weighted by atomic mass is 35.5. The molecule has 5 aliphatic carbocycles. The molecule has 5 rings (SSSR count). The number of aliphatic hydroxyl groups is 2. The first-order chi connectivity index (χ1) is 17.1. The number of carbonyl (C=O) groups excluding carboxylic acids is 1. The van der Waals surface area contributed by atoms with Gasteiger partial charge in [0.25, 0.3) is 0 Å². The van der Waals surface area contributed by atoms with Crippen LogP contribution in [0.15, 0.2) is 48.6 Å². The van der Waals surface area contributed by atoms with E-state index in [1.807, 2.05) is 12.2 Å². The molecule has 36 heavy (non-hydrogen) atoms. The van der Waals surface area contributed by atoms with Gasteiger partial charge in [0.05, 0.1) is 17.1 Å². The maximum atomic E-state index is 13.0. The van der Waals surface area contributed by atoms with E-state index < -0.39 is 15.9 Å². The molecule has 3 fully saturated rings. The Kier molecular flexibility index (Phi) is 7.07. The second kappa shape index (κ2) is 9.59. The molecule has 0 radical (unpaired) electrons. The fraction of sp³-hybridized carbons (Fsp3) is 0.700. The minimum Gasteiger partial charge on any atom is -0.393 e. The van der Waals surface area contributed by atoms with Crippen LogP contribution in [0.3, 0.4) is 0 Å². The average molecular weight is 535 g/mol. The summed E-state index contributed by atoms with van der Waals surface area (Å²) in [5, 5.41) is 24.4. The Morgan fingerprint density at radius 1 is 1.28 bits per heavy atom.